The van der Waals surface area contributed by atoms with Crippen LogP contribution in [0.2, 0.25) is 0 Å². The van der Waals surface area contributed by atoms with Gasteiger partial charge in [-0.1, -0.05) is 93.2 Å². The average Bonchev–Trinajstić information content (AvgIpc) is 2.82. The fraction of sp³-hybridized carbons (Fsp3) is 0.300. The number of thioether (sulfide) groups is 1. The Balaban J connectivity index is 1.70. The summed E-state index contributed by atoms with van der Waals surface area (Å²) in [5, 5.41) is 11.2. The second kappa shape index (κ2) is 9.82. The molecule has 1 heterocycles. The Kier molecular flexibility index (Phi) is 7.00. The Morgan fingerprint density at radius 3 is 2.26 bits per heavy atom. The SMILES string of the molecule is Cc1cc(SC2=C(O)C[C@](CCc3ccccc3)(c3ccccc3)OC2=O)c(C(C)(C)C)cc1N. The highest BCUT2D eigenvalue weighted by Crippen LogP contribution is 2.47. The molecule has 0 radical (unpaired) electrons. The van der Waals surface area contributed by atoms with E-state index in [0.717, 1.165) is 33.6 Å². The maximum atomic E-state index is 13.4. The number of aliphatic hydroxyl groups is 1. The van der Waals surface area contributed by atoms with Gasteiger partial charge in [0.1, 0.15) is 16.3 Å². The molecule has 0 fully saturated rings. The lowest BCUT2D eigenvalue weighted by Gasteiger charge is -2.38. The minimum Gasteiger partial charge on any atom is -0.511 e. The average molecular weight is 488 g/mol. The van der Waals surface area contributed by atoms with Gasteiger partial charge in [-0.2, -0.15) is 0 Å². The summed E-state index contributed by atoms with van der Waals surface area (Å²) in [6, 6.07) is 23.8. The van der Waals surface area contributed by atoms with E-state index in [1.54, 1.807) is 0 Å². The molecule has 1 aliphatic heterocycles. The zero-order valence-corrected chi connectivity index (χ0v) is 21.6. The maximum absolute atomic E-state index is 13.4. The van der Waals surface area contributed by atoms with Crippen molar-refractivity contribution in [3.05, 3.63) is 106 Å². The van der Waals surface area contributed by atoms with E-state index in [2.05, 4.69) is 32.9 Å². The van der Waals surface area contributed by atoms with E-state index in [9.17, 15) is 9.90 Å². The minimum absolute atomic E-state index is 0.0671. The molecule has 0 unspecified atom stereocenters. The summed E-state index contributed by atoms with van der Waals surface area (Å²) in [7, 11) is 0. The van der Waals surface area contributed by atoms with Crippen LogP contribution in [0.5, 0.6) is 0 Å². The van der Waals surface area contributed by atoms with Crippen molar-refractivity contribution in [3.63, 3.8) is 0 Å². The second-order valence-electron chi connectivity index (χ2n) is 10.2. The largest absolute Gasteiger partial charge is 0.511 e. The minimum atomic E-state index is -0.924. The van der Waals surface area contributed by atoms with Crippen LogP contribution in [-0.2, 0) is 27.0 Å². The predicted molar refractivity (Wildman–Crippen MR) is 143 cm³/mol. The monoisotopic (exact) mass is 487 g/mol. The highest BCUT2D eigenvalue weighted by Gasteiger charge is 2.43. The molecular weight excluding hydrogens is 454 g/mol. The Morgan fingerprint density at radius 1 is 1.03 bits per heavy atom. The number of aryl methyl sites for hydroxylation is 2. The number of nitrogens with two attached hydrogens (primary N) is 1. The lowest BCUT2D eigenvalue weighted by atomic mass is 9.82. The number of rotatable bonds is 6. The summed E-state index contributed by atoms with van der Waals surface area (Å²) in [5.74, 6) is -0.428. The van der Waals surface area contributed by atoms with Gasteiger partial charge in [0.25, 0.3) is 0 Å². The number of nitrogen functional groups attached to an aromatic ring is 1. The molecule has 4 rings (SSSR count). The number of hydrogen-bond donors (Lipinski definition) is 2. The third-order valence-corrected chi connectivity index (χ3v) is 7.70. The summed E-state index contributed by atoms with van der Waals surface area (Å²) in [4.78, 5) is 14.6. The summed E-state index contributed by atoms with van der Waals surface area (Å²) in [5.41, 5.74) is 9.82. The molecule has 0 spiro atoms. The zero-order chi connectivity index (χ0) is 25.2. The van der Waals surface area contributed by atoms with E-state index in [1.807, 2.05) is 67.6 Å². The van der Waals surface area contributed by atoms with Crippen molar-refractivity contribution >= 4 is 23.4 Å². The number of aliphatic hydroxyl groups excluding tert-OH is 1. The molecule has 35 heavy (non-hydrogen) atoms. The Hall–Kier alpha value is -3.18. The van der Waals surface area contributed by atoms with Crippen LogP contribution < -0.4 is 5.73 Å². The van der Waals surface area contributed by atoms with Crippen LogP contribution in [0.25, 0.3) is 0 Å². The molecule has 1 atom stereocenters. The highest BCUT2D eigenvalue weighted by atomic mass is 32.2. The third kappa shape index (κ3) is 5.40. The topological polar surface area (TPSA) is 72.5 Å². The van der Waals surface area contributed by atoms with Gasteiger partial charge < -0.3 is 15.6 Å². The van der Waals surface area contributed by atoms with E-state index < -0.39 is 11.6 Å². The van der Waals surface area contributed by atoms with Gasteiger partial charge in [0.2, 0.25) is 0 Å². The zero-order valence-electron chi connectivity index (χ0n) is 20.8. The number of carbonyl (C=O) groups excluding carboxylic acids is 1. The van der Waals surface area contributed by atoms with Crippen molar-refractivity contribution in [1.82, 2.24) is 0 Å². The Bertz CT molecular complexity index is 1250. The van der Waals surface area contributed by atoms with Gasteiger partial charge in [0.15, 0.2) is 0 Å². The maximum Gasteiger partial charge on any atom is 0.349 e. The number of anilines is 1. The molecule has 1 aliphatic rings. The fourth-order valence-corrected chi connectivity index (χ4v) is 5.73. The van der Waals surface area contributed by atoms with Gasteiger partial charge in [0.05, 0.1) is 6.42 Å². The molecule has 3 N–H and O–H groups in total. The predicted octanol–water partition coefficient (Wildman–Crippen LogP) is 7.21. The van der Waals surface area contributed by atoms with Crippen molar-refractivity contribution in [1.29, 1.82) is 0 Å². The van der Waals surface area contributed by atoms with Crippen molar-refractivity contribution in [2.75, 3.05) is 5.73 Å². The molecule has 0 bridgehead atoms. The van der Waals surface area contributed by atoms with E-state index in [1.165, 1.54) is 11.8 Å². The van der Waals surface area contributed by atoms with E-state index in [-0.39, 0.29) is 22.5 Å². The van der Waals surface area contributed by atoms with Crippen LogP contribution >= 0.6 is 11.8 Å². The first kappa shape index (κ1) is 24.9. The smallest absolute Gasteiger partial charge is 0.349 e. The number of hydrogen-bond acceptors (Lipinski definition) is 5. The molecular formula is C30H33NO3S. The van der Waals surface area contributed by atoms with Crippen molar-refractivity contribution in [2.24, 2.45) is 0 Å². The molecule has 0 saturated heterocycles. The van der Waals surface area contributed by atoms with Gasteiger partial charge in [-0.25, -0.2) is 4.79 Å². The number of esters is 1. The molecule has 0 amide bonds. The summed E-state index contributed by atoms with van der Waals surface area (Å²) >= 11 is 1.27. The lowest BCUT2D eigenvalue weighted by molar-refractivity contribution is -0.160. The van der Waals surface area contributed by atoms with Gasteiger partial charge in [-0.3, -0.25) is 0 Å². The molecule has 5 heteroatoms. The summed E-state index contributed by atoms with van der Waals surface area (Å²) in [6.07, 6.45) is 1.53. The van der Waals surface area contributed by atoms with Crippen LogP contribution in [-0.4, -0.2) is 11.1 Å². The van der Waals surface area contributed by atoms with Gasteiger partial charge >= 0.3 is 5.97 Å². The highest BCUT2D eigenvalue weighted by molar-refractivity contribution is 8.04. The number of cyclic esters (lactones) is 1. The molecule has 3 aromatic rings. The van der Waals surface area contributed by atoms with Crippen molar-refractivity contribution < 1.29 is 14.6 Å². The van der Waals surface area contributed by atoms with Gasteiger partial charge in [0, 0.05) is 10.6 Å². The molecule has 3 aromatic carbocycles. The Labute approximate surface area is 212 Å². The summed E-state index contributed by atoms with van der Waals surface area (Å²) < 4.78 is 6.21. The fourth-order valence-electron chi connectivity index (χ4n) is 4.49. The van der Waals surface area contributed by atoms with Gasteiger partial charge in [-0.05, 0) is 59.6 Å². The van der Waals surface area contributed by atoms with Crippen LogP contribution in [0.1, 0.15) is 55.9 Å². The van der Waals surface area contributed by atoms with E-state index >= 15 is 0 Å². The standard InChI is InChI=1S/C30H33NO3S/c1-20-17-26(23(18-24(20)31)29(2,3)4)35-27-25(32)19-30(34-28(27)33,22-13-9-6-10-14-22)16-15-21-11-7-5-8-12-21/h5-14,17-18,32H,15-16,19,31H2,1-4H3/t30-/m1/s1. The van der Waals surface area contributed by atoms with Crippen LogP contribution in [0, 0.1) is 6.92 Å². The lowest BCUT2D eigenvalue weighted by Crippen LogP contribution is -2.38. The second-order valence-corrected chi connectivity index (χ2v) is 11.3. The number of benzene rings is 3. The molecule has 0 aromatic heterocycles. The molecule has 0 saturated carbocycles. The normalized spacial score (nSPS) is 18.5. The summed E-state index contributed by atoms with van der Waals surface area (Å²) in [6.45, 7) is 8.28. The number of ether oxygens (including phenoxy) is 1. The molecule has 4 nitrogen and oxygen atoms in total. The molecule has 182 valence electrons. The quantitative estimate of drug-likeness (QED) is 0.284. The third-order valence-electron chi connectivity index (χ3n) is 6.54. The van der Waals surface area contributed by atoms with Crippen molar-refractivity contribution in [2.45, 2.75) is 62.9 Å². The number of carbonyl (C=O) groups is 1. The van der Waals surface area contributed by atoms with Crippen LogP contribution in [0.4, 0.5) is 5.69 Å². The van der Waals surface area contributed by atoms with Crippen LogP contribution in [0.3, 0.4) is 0 Å². The first-order valence-electron chi connectivity index (χ1n) is 11.9. The molecule has 0 aliphatic carbocycles. The first-order valence-corrected chi connectivity index (χ1v) is 12.7. The van der Waals surface area contributed by atoms with Crippen molar-refractivity contribution in [3.8, 4) is 0 Å². The first-order chi connectivity index (χ1) is 16.6. The van der Waals surface area contributed by atoms with E-state index in [4.69, 9.17) is 10.5 Å². The van der Waals surface area contributed by atoms with Gasteiger partial charge in [-0.15, -0.1) is 0 Å². The van der Waals surface area contributed by atoms with E-state index in [0.29, 0.717) is 12.1 Å². The van der Waals surface area contributed by atoms with Crippen LogP contribution in [0.15, 0.2) is 88.4 Å². The Morgan fingerprint density at radius 2 is 1.66 bits per heavy atom.